The zero-order chi connectivity index (χ0) is 19.3. The van der Waals surface area contributed by atoms with Gasteiger partial charge in [-0.1, -0.05) is 40.0 Å². The Morgan fingerprint density at radius 2 is 1.50 bits per heavy atom. The maximum absolute atomic E-state index is 9.57. The van der Waals surface area contributed by atoms with Gasteiger partial charge < -0.3 is 14.2 Å². The van der Waals surface area contributed by atoms with Crippen LogP contribution in [-0.2, 0) is 15.2 Å². The molecule has 1 N–H and O–H groups in total. The Kier molecular flexibility index (Phi) is 11.3. The van der Waals surface area contributed by atoms with E-state index in [0.29, 0.717) is 25.6 Å². The van der Waals surface area contributed by atoms with E-state index in [1.165, 1.54) is 0 Å². The van der Waals surface area contributed by atoms with Crippen molar-refractivity contribution >= 4 is 0 Å². The third-order valence-electron chi connectivity index (χ3n) is 4.27. The van der Waals surface area contributed by atoms with Crippen LogP contribution in [0.3, 0.4) is 0 Å². The molecule has 0 aromatic heterocycles. The molecule has 0 bridgehead atoms. The van der Waals surface area contributed by atoms with E-state index in [1.54, 1.807) is 6.92 Å². The van der Waals surface area contributed by atoms with E-state index in [0.717, 1.165) is 49.8 Å². The lowest BCUT2D eigenvalue weighted by atomic mass is 9.95. The van der Waals surface area contributed by atoms with E-state index < -0.39 is 5.60 Å². The van der Waals surface area contributed by atoms with E-state index in [-0.39, 0.29) is 6.61 Å². The van der Waals surface area contributed by atoms with Crippen molar-refractivity contribution in [1.82, 2.24) is 0 Å². The van der Waals surface area contributed by atoms with Crippen molar-refractivity contribution in [2.45, 2.75) is 71.8 Å². The van der Waals surface area contributed by atoms with Crippen molar-refractivity contribution in [2.75, 3.05) is 26.4 Å². The molecule has 1 aromatic carbocycles. The Labute approximate surface area is 158 Å². The van der Waals surface area contributed by atoms with Gasteiger partial charge in [-0.3, -0.25) is 5.26 Å². The Balaban J connectivity index is 2.95. The first-order chi connectivity index (χ1) is 12.6. The lowest BCUT2D eigenvalue weighted by Gasteiger charge is -2.28. The molecule has 1 unspecified atom stereocenters. The lowest BCUT2D eigenvalue weighted by molar-refractivity contribution is -0.334. The molecule has 1 aromatic rings. The summed E-state index contributed by atoms with van der Waals surface area (Å²) in [7, 11) is 0. The first kappa shape index (κ1) is 22.7. The van der Waals surface area contributed by atoms with Crippen LogP contribution in [-0.4, -0.2) is 31.7 Å². The number of hydrogen-bond acceptors (Lipinski definition) is 5. The molecule has 0 saturated carbocycles. The largest absolute Gasteiger partial charge is 0.493 e. The zero-order valence-corrected chi connectivity index (χ0v) is 16.9. The van der Waals surface area contributed by atoms with Crippen molar-refractivity contribution in [2.24, 2.45) is 0 Å². The Morgan fingerprint density at radius 3 is 2.12 bits per heavy atom. The Morgan fingerprint density at radius 1 is 0.885 bits per heavy atom. The first-order valence-electron chi connectivity index (χ1n) is 9.91. The van der Waals surface area contributed by atoms with Gasteiger partial charge in [-0.15, -0.1) is 0 Å². The topological polar surface area (TPSA) is 57.2 Å². The van der Waals surface area contributed by atoms with Crippen LogP contribution in [0, 0.1) is 0 Å². The van der Waals surface area contributed by atoms with Gasteiger partial charge in [0.2, 0.25) is 0 Å². The molecular formula is C21H36O5. The summed E-state index contributed by atoms with van der Waals surface area (Å²) in [6.07, 6.45) is 6.15. The van der Waals surface area contributed by atoms with Crippen LogP contribution in [0.4, 0.5) is 0 Å². The molecule has 0 aliphatic heterocycles. The van der Waals surface area contributed by atoms with Crippen LogP contribution in [0.15, 0.2) is 18.2 Å². The third kappa shape index (κ3) is 7.52. The van der Waals surface area contributed by atoms with Crippen molar-refractivity contribution in [3.63, 3.8) is 0 Å². The van der Waals surface area contributed by atoms with Gasteiger partial charge in [-0.25, -0.2) is 4.89 Å². The molecule has 1 atom stereocenters. The molecule has 1 rings (SSSR count). The predicted molar refractivity (Wildman–Crippen MR) is 104 cm³/mol. The maximum atomic E-state index is 9.57. The van der Waals surface area contributed by atoms with Gasteiger partial charge in [0.15, 0.2) is 5.60 Å². The minimum atomic E-state index is -0.989. The van der Waals surface area contributed by atoms with Crippen LogP contribution >= 0.6 is 0 Å². The van der Waals surface area contributed by atoms with Crippen molar-refractivity contribution in [3.05, 3.63) is 23.8 Å². The molecule has 0 heterocycles. The molecular weight excluding hydrogens is 332 g/mol. The molecule has 0 aliphatic rings. The molecule has 150 valence electrons. The highest BCUT2D eigenvalue weighted by Gasteiger charge is 2.32. The molecule has 26 heavy (non-hydrogen) atoms. The summed E-state index contributed by atoms with van der Waals surface area (Å²) in [6, 6.07) is 5.66. The minimum absolute atomic E-state index is 0.254. The fourth-order valence-electron chi connectivity index (χ4n) is 2.48. The second-order valence-electron chi connectivity index (χ2n) is 6.79. The Hall–Kier alpha value is -1.30. The highest BCUT2D eigenvalue weighted by Crippen LogP contribution is 2.36. The standard InChI is InChI=1S/C21H36O5/c1-5-8-13-23-17-21(4,26-22)19-12-11-18(24-14-9-6-2)16-20(19)25-15-10-7-3/h11-12,16,22H,5-10,13-15,17H2,1-4H3. The van der Waals surface area contributed by atoms with E-state index in [4.69, 9.17) is 19.1 Å². The van der Waals surface area contributed by atoms with Crippen molar-refractivity contribution in [1.29, 1.82) is 0 Å². The van der Waals surface area contributed by atoms with Crippen LogP contribution in [0.25, 0.3) is 0 Å². The highest BCUT2D eigenvalue weighted by molar-refractivity contribution is 5.44. The normalized spacial score (nSPS) is 13.4. The van der Waals surface area contributed by atoms with E-state index in [2.05, 4.69) is 20.8 Å². The molecule has 0 amide bonds. The van der Waals surface area contributed by atoms with Gasteiger partial charge in [0.25, 0.3) is 0 Å². The number of unbranched alkanes of at least 4 members (excludes halogenated alkanes) is 3. The summed E-state index contributed by atoms with van der Waals surface area (Å²) in [5.41, 5.74) is -0.229. The summed E-state index contributed by atoms with van der Waals surface area (Å²) in [5, 5.41) is 9.57. The quantitative estimate of drug-likeness (QED) is 0.249. The van der Waals surface area contributed by atoms with Crippen LogP contribution in [0.2, 0.25) is 0 Å². The number of hydrogen-bond donors (Lipinski definition) is 1. The monoisotopic (exact) mass is 368 g/mol. The van der Waals surface area contributed by atoms with Crippen LogP contribution in [0.5, 0.6) is 11.5 Å². The van der Waals surface area contributed by atoms with Crippen LogP contribution < -0.4 is 9.47 Å². The maximum Gasteiger partial charge on any atom is 0.152 e. The number of benzene rings is 1. The molecule has 0 fully saturated rings. The minimum Gasteiger partial charge on any atom is -0.493 e. The predicted octanol–water partition coefficient (Wildman–Crippen LogP) is 5.57. The fraction of sp³-hybridized carbons (Fsp3) is 0.714. The molecule has 0 aliphatic carbocycles. The number of ether oxygens (including phenoxy) is 3. The Bertz CT molecular complexity index is 491. The van der Waals surface area contributed by atoms with Gasteiger partial charge in [0.05, 0.1) is 19.8 Å². The average Bonchev–Trinajstić information content (AvgIpc) is 2.66. The summed E-state index contributed by atoms with van der Waals surface area (Å²) in [4.78, 5) is 4.84. The summed E-state index contributed by atoms with van der Waals surface area (Å²) >= 11 is 0. The van der Waals surface area contributed by atoms with Gasteiger partial charge >= 0.3 is 0 Å². The summed E-state index contributed by atoms with van der Waals surface area (Å²) < 4.78 is 17.5. The molecule has 0 spiro atoms. The second kappa shape index (κ2) is 13.0. The van der Waals surface area contributed by atoms with E-state index >= 15 is 0 Å². The summed E-state index contributed by atoms with van der Waals surface area (Å²) in [5.74, 6) is 1.43. The van der Waals surface area contributed by atoms with E-state index in [9.17, 15) is 5.26 Å². The highest BCUT2D eigenvalue weighted by atomic mass is 17.1. The molecule has 5 nitrogen and oxygen atoms in total. The SMILES string of the molecule is CCCCOCC(C)(OO)c1ccc(OCCCC)cc1OCCCC. The fourth-order valence-corrected chi connectivity index (χ4v) is 2.48. The van der Waals surface area contributed by atoms with Gasteiger partial charge in [-0.05, 0) is 38.3 Å². The zero-order valence-electron chi connectivity index (χ0n) is 16.9. The van der Waals surface area contributed by atoms with Gasteiger partial charge in [0.1, 0.15) is 11.5 Å². The summed E-state index contributed by atoms with van der Waals surface area (Å²) in [6.45, 7) is 10.4. The van der Waals surface area contributed by atoms with Gasteiger partial charge in [0, 0.05) is 18.2 Å². The first-order valence-corrected chi connectivity index (χ1v) is 9.91. The van der Waals surface area contributed by atoms with Crippen molar-refractivity contribution < 1.29 is 24.4 Å². The number of rotatable bonds is 15. The van der Waals surface area contributed by atoms with Crippen LogP contribution in [0.1, 0.15) is 71.8 Å². The van der Waals surface area contributed by atoms with Crippen molar-refractivity contribution in [3.8, 4) is 11.5 Å². The molecule has 0 radical (unpaired) electrons. The lowest BCUT2D eigenvalue weighted by Crippen LogP contribution is -2.31. The van der Waals surface area contributed by atoms with Gasteiger partial charge in [-0.2, -0.15) is 0 Å². The smallest absolute Gasteiger partial charge is 0.152 e. The average molecular weight is 369 g/mol. The second-order valence-corrected chi connectivity index (χ2v) is 6.79. The molecule has 0 saturated heterocycles. The van der Waals surface area contributed by atoms with E-state index in [1.807, 2.05) is 18.2 Å². The molecule has 5 heteroatoms. The third-order valence-corrected chi connectivity index (χ3v) is 4.27.